The summed E-state index contributed by atoms with van der Waals surface area (Å²) in [5.41, 5.74) is 1.67. The Kier molecular flexibility index (Phi) is 6.22. The van der Waals surface area contributed by atoms with Crippen LogP contribution in [0, 0.1) is 0 Å². The summed E-state index contributed by atoms with van der Waals surface area (Å²) in [6.07, 6.45) is 0.894. The van der Waals surface area contributed by atoms with Crippen LogP contribution in [-0.2, 0) is 4.74 Å². The second-order valence-electron chi connectivity index (χ2n) is 3.60. The summed E-state index contributed by atoms with van der Waals surface area (Å²) < 4.78 is 6.33. The van der Waals surface area contributed by atoms with E-state index in [0.29, 0.717) is 12.2 Å². The highest BCUT2D eigenvalue weighted by Crippen LogP contribution is 2.23. The summed E-state index contributed by atoms with van der Waals surface area (Å²) in [6.45, 7) is 7.09. The highest BCUT2D eigenvalue weighted by molar-refractivity contribution is 9.10. The molecule has 1 aromatic rings. The number of halogens is 1. The predicted octanol–water partition coefficient (Wildman–Crippen LogP) is 3.12. The minimum Gasteiger partial charge on any atom is -0.380 e. The van der Waals surface area contributed by atoms with Crippen molar-refractivity contribution in [3.8, 4) is 0 Å². The lowest BCUT2D eigenvalue weighted by Crippen LogP contribution is -2.28. The molecular formula is C13H18BrNO2. The number of hydrogen-bond acceptors (Lipinski definition) is 3. The fraction of sp³-hybridized carbons (Fsp3) is 0.462. The van der Waals surface area contributed by atoms with Crippen LogP contribution in [0.3, 0.4) is 0 Å². The van der Waals surface area contributed by atoms with Gasteiger partial charge in [0.15, 0.2) is 6.29 Å². The molecule has 0 saturated carbocycles. The monoisotopic (exact) mass is 299 g/mol. The van der Waals surface area contributed by atoms with E-state index in [4.69, 9.17) is 4.74 Å². The van der Waals surface area contributed by atoms with Crippen molar-refractivity contribution in [1.82, 2.24) is 0 Å². The Bertz CT molecular complexity index is 368. The van der Waals surface area contributed by atoms with Crippen LogP contribution in [0.25, 0.3) is 0 Å². The van der Waals surface area contributed by atoms with E-state index in [-0.39, 0.29) is 0 Å². The van der Waals surface area contributed by atoms with E-state index in [1.165, 1.54) is 0 Å². The van der Waals surface area contributed by atoms with Gasteiger partial charge in [-0.15, -0.1) is 0 Å². The third-order valence-electron chi connectivity index (χ3n) is 2.55. The van der Waals surface area contributed by atoms with E-state index >= 15 is 0 Å². The van der Waals surface area contributed by atoms with Gasteiger partial charge in [-0.05, 0) is 32.0 Å². The Labute approximate surface area is 111 Å². The fourth-order valence-electron chi connectivity index (χ4n) is 1.66. The SMILES string of the molecule is CCOCCN(CC)c1cc(Br)ccc1C=O. The van der Waals surface area contributed by atoms with Gasteiger partial charge in [0, 0.05) is 35.4 Å². The first-order chi connectivity index (χ1) is 8.22. The molecular weight excluding hydrogens is 282 g/mol. The number of aldehydes is 1. The smallest absolute Gasteiger partial charge is 0.152 e. The van der Waals surface area contributed by atoms with Gasteiger partial charge in [0.25, 0.3) is 0 Å². The summed E-state index contributed by atoms with van der Waals surface area (Å²) in [6, 6.07) is 5.68. The first-order valence-electron chi connectivity index (χ1n) is 5.80. The largest absolute Gasteiger partial charge is 0.380 e. The van der Waals surface area contributed by atoms with Crippen LogP contribution in [0.2, 0.25) is 0 Å². The first kappa shape index (κ1) is 14.2. The third kappa shape index (κ3) is 4.13. The number of carbonyl (C=O) groups excluding carboxylic acids is 1. The third-order valence-corrected chi connectivity index (χ3v) is 3.04. The maximum atomic E-state index is 11.0. The molecule has 0 aromatic heterocycles. The number of ether oxygens (including phenoxy) is 1. The highest BCUT2D eigenvalue weighted by Gasteiger charge is 2.09. The normalized spacial score (nSPS) is 10.3. The molecule has 0 saturated heterocycles. The Balaban J connectivity index is 2.85. The van der Waals surface area contributed by atoms with Crippen molar-refractivity contribution in [2.75, 3.05) is 31.2 Å². The van der Waals surface area contributed by atoms with Crippen LogP contribution < -0.4 is 4.90 Å². The molecule has 1 aromatic carbocycles. The topological polar surface area (TPSA) is 29.5 Å². The second kappa shape index (κ2) is 7.45. The zero-order valence-electron chi connectivity index (χ0n) is 10.3. The van der Waals surface area contributed by atoms with Crippen LogP contribution in [0.15, 0.2) is 22.7 Å². The Hall–Kier alpha value is -0.870. The molecule has 0 radical (unpaired) electrons. The second-order valence-corrected chi connectivity index (χ2v) is 4.51. The van der Waals surface area contributed by atoms with E-state index in [9.17, 15) is 4.79 Å². The molecule has 0 unspecified atom stereocenters. The summed E-state index contributed by atoms with van der Waals surface area (Å²) in [4.78, 5) is 13.2. The molecule has 0 atom stereocenters. The van der Waals surface area contributed by atoms with E-state index < -0.39 is 0 Å². The van der Waals surface area contributed by atoms with E-state index in [1.807, 2.05) is 25.1 Å². The number of benzene rings is 1. The van der Waals surface area contributed by atoms with Crippen molar-refractivity contribution in [3.63, 3.8) is 0 Å². The Morgan fingerprint density at radius 1 is 1.41 bits per heavy atom. The standard InChI is InChI=1S/C13H18BrNO2/c1-3-15(7-8-17-4-2)13-9-12(14)6-5-11(13)10-16/h5-6,9-10H,3-4,7-8H2,1-2H3. The average molecular weight is 300 g/mol. The van der Waals surface area contributed by atoms with Crippen LogP contribution in [0.5, 0.6) is 0 Å². The number of nitrogens with zero attached hydrogens (tertiary/aromatic N) is 1. The van der Waals surface area contributed by atoms with Gasteiger partial charge in [-0.1, -0.05) is 15.9 Å². The Morgan fingerprint density at radius 3 is 2.76 bits per heavy atom. The average Bonchev–Trinajstić information content (AvgIpc) is 2.35. The molecule has 0 amide bonds. The van der Waals surface area contributed by atoms with Gasteiger partial charge < -0.3 is 9.64 Å². The number of carbonyl (C=O) groups is 1. The molecule has 0 aliphatic carbocycles. The number of anilines is 1. The van der Waals surface area contributed by atoms with Crippen molar-refractivity contribution in [1.29, 1.82) is 0 Å². The number of rotatable bonds is 7. The highest BCUT2D eigenvalue weighted by atomic mass is 79.9. The van der Waals surface area contributed by atoms with Crippen LogP contribution in [0.1, 0.15) is 24.2 Å². The van der Waals surface area contributed by atoms with Crippen molar-refractivity contribution in [2.45, 2.75) is 13.8 Å². The summed E-state index contributed by atoms with van der Waals surface area (Å²) in [7, 11) is 0. The van der Waals surface area contributed by atoms with Crippen molar-refractivity contribution in [2.24, 2.45) is 0 Å². The van der Waals surface area contributed by atoms with Crippen molar-refractivity contribution >= 4 is 27.9 Å². The molecule has 0 aliphatic heterocycles. The molecule has 17 heavy (non-hydrogen) atoms. The maximum absolute atomic E-state index is 11.0. The minimum atomic E-state index is 0.676. The zero-order valence-corrected chi connectivity index (χ0v) is 11.9. The van der Waals surface area contributed by atoms with Crippen LogP contribution in [0.4, 0.5) is 5.69 Å². The summed E-state index contributed by atoms with van der Waals surface area (Å²) in [5.74, 6) is 0. The van der Waals surface area contributed by atoms with Crippen molar-refractivity contribution < 1.29 is 9.53 Å². The lowest BCUT2D eigenvalue weighted by Gasteiger charge is -2.24. The van der Waals surface area contributed by atoms with Gasteiger partial charge in [0.1, 0.15) is 0 Å². The number of hydrogen-bond donors (Lipinski definition) is 0. The van der Waals surface area contributed by atoms with Gasteiger partial charge >= 0.3 is 0 Å². The molecule has 0 bridgehead atoms. The van der Waals surface area contributed by atoms with Crippen LogP contribution in [-0.4, -0.2) is 32.6 Å². The van der Waals surface area contributed by atoms with Gasteiger partial charge in [0.2, 0.25) is 0 Å². The minimum absolute atomic E-state index is 0.676. The van der Waals surface area contributed by atoms with Gasteiger partial charge in [-0.25, -0.2) is 0 Å². The molecule has 0 heterocycles. The van der Waals surface area contributed by atoms with E-state index in [0.717, 1.165) is 36.1 Å². The first-order valence-corrected chi connectivity index (χ1v) is 6.59. The zero-order chi connectivity index (χ0) is 12.7. The summed E-state index contributed by atoms with van der Waals surface area (Å²) >= 11 is 3.43. The summed E-state index contributed by atoms with van der Waals surface area (Å²) in [5, 5.41) is 0. The van der Waals surface area contributed by atoms with E-state index in [1.54, 1.807) is 0 Å². The van der Waals surface area contributed by atoms with Gasteiger partial charge in [-0.2, -0.15) is 0 Å². The molecule has 4 heteroatoms. The lowest BCUT2D eigenvalue weighted by atomic mass is 10.1. The molecule has 3 nitrogen and oxygen atoms in total. The predicted molar refractivity (Wildman–Crippen MR) is 73.9 cm³/mol. The van der Waals surface area contributed by atoms with Crippen LogP contribution >= 0.6 is 15.9 Å². The quantitative estimate of drug-likeness (QED) is 0.572. The Morgan fingerprint density at radius 2 is 2.18 bits per heavy atom. The van der Waals surface area contributed by atoms with Gasteiger partial charge in [-0.3, -0.25) is 4.79 Å². The molecule has 0 fully saturated rings. The van der Waals surface area contributed by atoms with Gasteiger partial charge in [0.05, 0.1) is 6.61 Å². The molecule has 0 spiro atoms. The van der Waals surface area contributed by atoms with Crippen molar-refractivity contribution in [3.05, 3.63) is 28.2 Å². The fourth-order valence-corrected chi connectivity index (χ4v) is 2.01. The molecule has 0 N–H and O–H groups in total. The molecule has 94 valence electrons. The van der Waals surface area contributed by atoms with E-state index in [2.05, 4.69) is 27.8 Å². The lowest BCUT2D eigenvalue weighted by molar-refractivity contribution is 0.112. The maximum Gasteiger partial charge on any atom is 0.152 e. The molecule has 0 aliphatic rings. The number of likely N-dealkylation sites (N-methyl/N-ethyl adjacent to an activating group) is 1. The molecule has 1 rings (SSSR count).